The van der Waals surface area contributed by atoms with Gasteiger partial charge in [0.15, 0.2) is 5.78 Å². The number of benzene rings is 3. The van der Waals surface area contributed by atoms with E-state index in [4.69, 9.17) is 4.74 Å². The summed E-state index contributed by atoms with van der Waals surface area (Å²) in [6.07, 6.45) is 3.18. The van der Waals surface area contributed by atoms with Gasteiger partial charge in [-0.2, -0.15) is 0 Å². The number of hydrogen-bond acceptors (Lipinski definition) is 4. The van der Waals surface area contributed by atoms with Crippen LogP contribution in [0.4, 0.5) is 5.69 Å². The highest BCUT2D eigenvalue weighted by Gasteiger charge is 2.38. The van der Waals surface area contributed by atoms with E-state index in [9.17, 15) is 4.79 Å². The standard InChI is InChI=1S/C30H26N2O2/c1-2-34-22-12-10-20(11-13-22)30-29-24(17-21(18-27(29)33)19-7-4-3-5-8-19)28-23-9-6-16-31-25(23)14-15-26(28)32-30/h3-16,21,30,32H,2,17-18H2,1H3/t21-,30+/m0/s1. The van der Waals surface area contributed by atoms with Crippen LogP contribution < -0.4 is 10.1 Å². The normalized spacial score (nSPS) is 19.4. The van der Waals surface area contributed by atoms with Crippen molar-refractivity contribution in [3.8, 4) is 5.75 Å². The zero-order chi connectivity index (χ0) is 23.1. The molecule has 4 nitrogen and oxygen atoms in total. The van der Waals surface area contributed by atoms with Crippen LogP contribution in [0.15, 0.2) is 90.6 Å². The Morgan fingerprint density at radius 1 is 0.912 bits per heavy atom. The highest BCUT2D eigenvalue weighted by molar-refractivity contribution is 6.12. The van der Waals surface area contributed by atoms with Gasteiger partial charge in [-0.15, -0.1) is 0 Å². The van der Waals surface area contributed by atoms with Gasteiger partial charge in [0.25, 0.3) is 0 Å². The van der Waals surface area contributed by atoms with Gasteiger partial charge in [0.1, 0.15) is 5.75 Å². The van der Waals surface area contributed by atoms with Crippen LogP contribution in [-0.2, 0) is 4.79 Å². The predicted octanol–water partition coefficient (Wildman–Crippen LogP) is 6.70. The summed E-state index contributed by atoms with van der Waals surface area (Å²) in [6.45, 7) is 2.61. The Kier molecular flexibility index (Phi) is 5.14. The second-order valence-corrected chi connectivity index (χ2v) is 8.97. The van der Waals surface area contributed by atoms with E-state index in [0.717, 1.165) is 51.0 Å². The lowest BCUT2D eigenvalue weighted by Crippen LogP contribution is -2.29. The summed E-state index contributed by atoms with van der Waals surface area (Å²) >= 11 is 0. The maximum absolute atomic E-state index is 13.8. The number of nitrogens with one attached hydrogen (secondary N) is 1. The maximum atomic E-state index is 13.8. The maximum Gasteiger partial charge on any atom is 0.162 e. The number of pyridine rings is 1. The van der Waals surface area contributed by atoms with E-state index in [-0.39, 0.29) is 17.7 Å². The lowest BCUT2D eigenvalue weighted by molar-refractivity contribution is -0.116. The number of Topliss-reactive ketones (excluding diaryl/α,β-unsaturated/α-hetero) is 1. The number of rotatable bonds is 4. The van der Waals surface area contributed by atoms with Gasteiger partial charge in [0, 0.05) is 34.8 Å². The first kappa shape index (κ1) is 20.7. The number of hydrogen-bond donors (Lipinski definition) is 1. The zero-order valence-corrected chi connectivity index (χ0v) is 19.1. The first-order valence-electron chi connectivity index (χ1n) is 11.9. The summed E-state index contributed by atoms with van der Waals surface area (Å²) in [5, 5.41) is 4.78. The Bertz CT molecular complexity index is 1410. The topological polar surface area (TPSA) is 51.2 Å². The van der Waals surface area contributed by atoms with Crippen LogP contribution in [0.3, 0.4) is 0 Å². The Balaban J connectivity index is 1.53. The van der Waals surface area contributed by atoms with E-state index in [1.54, 1.807) is 0 Å². The quantitative estimate of drug-likeness (QED) is 0.379. The average molecular weight is 447 g/mol. The SMILES string of the molecule is CCOc1ccc([C@H]2Nc3ccc4ncccc4c3C3=C2C(=O)C[C@@H](c2ccccc2)C3)cc1. The van der Waals surface area contributed by atoms with Gasteiger partial charge in [-0.1, -0.05) is 48.5 Å². The molecule has 0 radical (unpaired) electrons. The summed E-state index contributed by atoms with van der Waals surface area (Å²) in [7, 11) is 0. The number of fused-ring (bicyclic) bond motifs is 4. The first-order valence-corrected chi connectivity index (χ1v) is 11.9. The number of nitrogens with zero attached hydrogens (tertiary/aromatic N) is 1. The van der Waals surface area contributed by atoms with Crippen LogP contribution in [0.2, 0.25) is 0 Å². The molecule has 2 aliphatic rings. The van der Waals surface area contributed by atoms with Crippen molar-refractivity contribution < 1.29 is 9.53 Å². The van der Waals surface area contributed by atoms with Crippen LogP contribution in [0, 0.1) is 0 Å². The average Bonchev–Trinajstić information content (AvgIpc) is 2.89. The van der Waals surface area contributed by atoms with E-state index in [0.29, 0.717) is 13.0 Å². The van der Waals surface area contributed by atoms with Gasteiger partial charge in [-0.05, 0) is 66.3 Å². The number of allylic oxidation sites excluding steroid dienone is 1. The fourth-order valence-corrected chi connectivity index (χ4v) is 5.46. The third-order valence-corrected chi connectivity index (χ3v) is 6.98. The zero-order valence-electron chi connectivity index (χ0n) is 19.1. The number of anilines is 1. The molecule has 1 aliphatic carbocycles. The molecule has 168 valence electrons. The molecule has 0 saturated carbocycles. The van der Waals surface area contributed by atoms with Crippen LogP contribution in [0.5, 0.6) is 5.75 Å². The molecule has 0 spiro atoms. The number of ketones is 1. The van der Waals surface area contributed by atoms with Crippen molar-refractivity contribution in [1.82, 2.24) is 4.98 Å². The molecule has 0 unspecified atom stereocenters. The molecule has 1 N–H and O–H groups in total. The van der Waals surface area contributed by atoms with Crippen molar-refractivity contribution in [2.24, 2.45) is 0 Å². The number of carbonyl (C=O) groups is 1. The lowest BCUT2D eigenvalue weighted by atomic mass is 9.72. The largest absolute Gasteiger partial charge is 0.494 e. The molecule has 2 atom stereocenters. The van der Waals surface area contributed by atoms with E-state index in [1.165, 1.54) is 5.56 Å². The Morgan fingerprint density at radius 2 is 1.74 bits per heavy atom. The predicted molar refractivity (Wildman–Crippen MR) is 136 cm³/mol. The molecule has 0 fully saturated rings. The molecular weight excluding hydrogens is 420 g/mol. The van der Waals surface area contributed by atoms with Crippen molar-refractivity contribution in [1.29, 1.82) is 0 Å². The lowest BCUT2D eigenvalue weighted by Gasteiger charge is -2.37. The van der Waals surface area contributed by atoms with Crippen molar-refractivity contribution in [2.75, 3.05) is 11.9 Å². The van der Waals surface area contributed by atoms with E-state index >= 15 is 0 Å². The van der Waals surface area contributed by atoms with Gasteiger partial charge in [0.2, 0.25) is 0 Å². The molecule has 6 rings (SSSR count). The summed E-state index contributed by atoms with van der Waals surface area (Å²) in [5.74, 6) is 1.23. The Morgan fingerprint density at radius 3 is 2.53 bits per heavy atom. The molecule has 34 heavy (non-hydrogen) atoms. The molecule has 3 aromatic carbocycles. The van der Waals surface area contributed by atoms with Crippen LogP contribution >= 0.6 is 0 Å². The van der Waals surface area contributed by atoms with Crippen molar-refractivity contribution in [3.63, 3.8) is 0 Å². The molecule has 0 saturated heterocycles. The summed E-state index contributed by atoms with van der Waals surface area (Å²) in [4.78, 5) is 18.4. The molecule has 0 amide bonds. The highest BCUT2D eigenvalue weighted by Crippen LogP contribution is 2.50. The number of ether oxygens (including phenoxy) is 1. The van der Waals surface area contributed by atoms with Gasteiger partial charge in [-0.25, -0.2) is 0 Å². The first-order chi connectivity index (χ1) is 16.7. The fraction of sp³-hybridized carbons (Fsp3) is 0.200. The molecule has 1 aromatic heterocycles. The second kappa shape index (κ2) is 8.45. The smallest absolute Gasteiger partial charge is 0.162 e. The van der Waals surface area contributed by atoms with E-state index in [1.807, 2.05) is 37.4 Å². The van der Waals surface area contributed by atoms with Crippen molar-refractivity contribution in [3.05, 3.63) is 107 Å². The van der Waals surface area contributed by atoms with Gasteiger partial charge in [-0.3, -0.25) is 9.78 Å². The monoisotopic (exact) mass is 446 g/mol. The molecule has 4 aromatic rings. The summed E-state index contributed by atoms with van der Waals surface area (Å²) in [5.41, 5.74) is 7.45. The Labute approximate surface area is 199 Å². The van der Waals surface area contributed by atoms with Crippen LogP contribution in [-0.4, -0.2) is 17.4 Å². The van der Waals surface area contributed by atoms with Crippen LogP contribution in [0.1, 0.15) is 48.4 Å². The van der Waals surface area contributed by atoms with Gasteiger partial charge >= 0.3 is 0 Å². The molecule has 0 bridgehead atoms. The third kappa shape index (κ3) is 3.47. The van der Waals surface area contributed by atoms with E-state index in [2.05, 4.69) is 64.9 Å². The minimum Gasteiger partial charge on any atom is -0.494 e. The summed E-state index contributed by atoms with van der Waals surface area (Å²) in [6, 6.07) is 26.6. The minimum atomic E-state index is -0.184. The second-order valence-electron chi connectivity index (χ2n) is 8.97. The van der Waals surface area contributed by atoms with Crippen LogP contribution in [0.25, 0.3) is 16.5 Å². The summed E-state index contributed by atoms with van der Waals surface area (Å²) < 4.78 is 5.64. The van der Waals surface area contributed by atoms with Crippen molar-refractivity contribution in [2.45, 2.75) is 31.7 Å². The third-order valence-electron chi connectivity index (χ3n) is 6.98. The minimum absolute atomic E-state index is 0.173. The van der Waals surface area contributed by atoms with Crippen molar-refractivity contribution >= 4 is 27.9 Å². The Hall–Kier alpha value is -3.92. The molecule has 1 aliphatic heterocycles. The number of carbonyl (C=O) groups excluding carboxylic acids is 1. The molecule has 2 heterocycles. The van der Waals surface area contributed by atoms with Gasteiger partial charge < -0.3 is 10.1 Å². The molecule has 4 heteroatoms. The van der Waals surface area contributed by atoms with E-state index < -0.39 is 0 Å². The number of aromatic nitrogens is 1. The highest BCUT2D eigenvalue weighted by atomic mass is 16.5. The molecular formula is C30H26N2O2. The van der Waals surface area contributed by atoms with Gasteiger partial charge in [0.05, 0.1) is 18.2 Å². The fourth-order valence-electron chi connectivity index (χ4n) is 5.46.